The van der Waals surface area contributed by atoms with E-state index < -0.39 is 0 Å². The van der Waals surface area contributed by atoms with Crippen LogP contribution in [0.1, 0.15) is 21.6 Å². The van der Waals surface area contributed by atoms with E-state index in [1.165, 1.54) is 5.56 Å². The maximum Gasteiger partial charge on any atom is 0.257 e. The van der Waals surface area contributed by atoms with Gasteiger partial charge in [-0.25, -0.2) is 9.97 Å². The largest absolute Gasteiger partial charge is 0.463 e. The maximum atomic E-state index is 13.4. The molecule has 1 fully saturated rings. The predicted molar refractivity (Wildman–Crippen MR) is 135 cm³/mol. The van der Waals surface area contributed by atoms with Crippen molar-refractivity contribution >= 4 is 12.0 Å². The molecule has 36 heavy (non-hydrogen) atoms. The Balaban J connectivity index is 1.27. The highest BCUT2D eigenvalue weighted by atomic mass is 16.5. The number of rotatable bonds is 8. The summed E-state index contributed by atoms with van der Waals surface area (Å²) >= 11 is 0. The number of hydrogen-bond donors (Lipinski definition) is 0. The van der Waals surface area contributed by atoms with E-state index >= 15 is 0 Å². The van der Waals surface area contributed by atoms with Crippen LogP contribution in [0.4, 0.5) is 0 Å². The maximum absolute atomic E-state index is 13.4. The van der Waals surface area contributed by atoms with E-state index in [4.69, 9.17) is 9.15 Å². The molecule has 0 spiro atoms. The van der Waals surface area contributed by atoms with Gasteiger partial charge in [0.05, 0.1) is 30.3 Å². The van der Waals surface area contributed by atoms with Gasteiger partial charge in [0.15, 0.2) is 5.76 Å². The summed E-state index contributed by atoms with van der Waals surface area (Å²) in [6.45, 7) is 3.99. The minimum Gasteiger partial charge on any atom is -0.463 e. The monoisotopic (exact) mass is 484 g/mol. The lowest BCUT2D eigenvalue weighted by molar-refractivity contribution is 0.0645. The van der Waals surface area contributed by atoms with Crippen molar-refractivity contribution in [1.82, 2.24) is 29.5 Å². The molecule has 0 radical (unpaired) electrons. The third kappa shape index (κ3) is 5.27. The van der Waals surface area contributed by atoms with Crippen molar-refractivity contribution in [3.63, 3.8) is 0 Å². The first-order valence-corrected chi connectivity index (χ1v) is 11.9. The average Bonchev–Trinajstić information content (AvgIpc) is 3.61. The van der Waals surface area contributed by atoms with Gasteiger partial charge in [-0.3, -0.25) is 9.69 Å². The Morgan fingerprint density at radius 1 is 1.08 bits per heavy atom. The molecule has 0 bridgehead atoms. The second-order valence-electron chi connectivity index (χ2n) is 8.47. The van der Waals surface area contributed by atoms with Gasteiger partial charge in [0.25, 0.3) is 11.9 Å². The Kier molecular flexibility index (Phi) is 7.30. The molecule has 1 amide bonds. The van der Waals surface area contributed by atoms with Crippen LogP contribution in [0.3, 0.4) is 0 Å². The van der Waals surface area contributed by atoms with Gasteiger partial charge in [0, 0.05) is 46.0 Å². The molecule has 0 saturated carbocycles. The van der Waals surface area contributed by atoms with Crippen molar-refractivity contribution < 1.29 is 13.9 Å². The van der Waals surface area contributed by atoms with Crippen molar-refractivity contribution in [2.75, 3.05) is 39.8 Å². The van der Waals surface area contributed by atoms with E-state index in [1.807, 2.05) is 29.2 Å². The van der Waals surface area contributed by atoms with Crippen molar-refractivity contribution in [3.8, 4) is 17.4 Å². The van der Waals surface area contributed by atoms with E-state index in [2.05, 4.69) is 44.3 Å². The first kappa shape index (κ1) is 23.7. The van der Waals surface area contributed by atoms with Crippen LogP contribution in [0.25, 0.3) is 23.5 Å². The zero-order valence-electron chi connectivity index (χ0n) is 20.2. The number of piperazine rings is 1. The number of carbonyl (C=O) groups is 1. The summed E-state index contributed by atoms with van der Waals surface area (Å²) in [6.07, 6.45) is 9.12. The van der Waals surface area contributed by atoms with Crippen molar-refractivity contribution in [1.29, 1.82) is 0 Å². The molecule has 0 atom stereocenters. The summed E-state index contributed by atoms with van der Waals surface area (Å²) in [5.41, 5.74) is 2.94. The molecule has 1 aliphatic rings. The number of benzene rings is 1. The van der Waals surface area contributed by atoms with Crippen LogP contribution in [-0.2, 0) is 11.3 Å². The zero-order valence-corrected chi connectivity index (χ0v) is 20.2. The lowest BCUT2D eigenvalue weighted by Gasteiger charge is -2.34. The lowest BCUT2D eigenvalue weighted by Crippen LogP contribution is -2.48. The highest BCUT2D eigenvalue weighted by molar-refractivity contribution is 5.95. The molecule has 9 heteroatoms. The van der Waals surface area contributed by atoms with Crippen LogP contribution in [0.5, 0.6) is 0 Å². The van der Waals surface area contributed by atoms with E-state index in [-0.39, 0.29) is 12.5 Å². The summed E-state index contributed by atoms with van der Waals surface area (Å²) in [6, 6.07) is 15.7. The topological polar surface area (TPSA) is 89.5 Å². The second kappa shape index (κ2) is 11.1. The van der Waals surface area contributed by atoms with E-state index in [9.17, 15) is 4.79 Å². The fourth-order valence-electron chi connectivity index (χ4n) is 4.22. The molecule has 4 aromatic rings. The number of ether oxygens (including phenoxy) is 1. The molecule has 4 heterocycles. The molecule has 5 rings (SSSR count). The van der Waals surface area contributed by atoms with E-state index in [0.29, 0.717) is 41.7 Å². The minimum atomic E-state index is -0.0602. The molecular weight excluding hydrogens is 456 g/mol. The van der Waals surface area contributed by atoms with Gasteiger partial charge in [-0.2, -0.15) is 9.78 Å². The molecule has 0 unspecified atom stereocenters. The predicted octanol–water partition coefficient (Wildman–Crippen LogP) is 3.54. The normalized spacial score (nSPS) is 14.5. The summed E-state index contributed by atoms with van der Waals surface area (Å²) in [5.74, 6) is 0.923. The summed E-state index contributed by atoms with van der Waals surface area (Å²) in [7, 11) is 1.59. The third-order valence-corrected chi connectivity index (χ3v) is 6.12. The Labute approximate surface area is 209 Å². The molecule has 184 valence electrons. The zero-order chi connectivity index (χ0) is 24.7. The van der Waals surface area contributed by atoms with Crippen LogP contribution in [-0.4, -0.2) is 75.3 Å². The molecule has 3 aromatic heterocycles. The van der Waals surface area contributed by atoms with Crippen molar-refractivity contribution in [3.05, 3.63) is 90.1 Å². The molecule has 0 aliphatic carbocycles. The molecule has 1 aromatic carbocycles. The van der Waals surface area contributed by atoms with Crippen LogP contribution in [0.2, 0.25) is 0 Å². The molecular formula is C27H28N6O3. The van der Waals surface area contributed by atoms with Gasteiger partial charge in [0.2, 0.25) is 0 Å². The van der Waals surface area contributed by atoms with Crippen LogP contribution in [0, 0.1) is 0 Å². The van der Waals surface area contributed by atoms with Gasteiger partial charge in [0.1, 0.15) is 5.69 Å². The number of furan rings is 1. The number of hydrogen-bond acceptors (Lipinski definition) is 7. The van der Waals surface area contributed by atoms with Crippen molar-refractivity contribution in [2.24, 2.45) is 0 Å². The van der Waals surface area contributed by atoms with E-state index in [0.717, 1.165) is 19.6 Å². The van der Waals surface area contributed by atoms with Gasteiger partial charge in [-0.1, -0.05) is 42.5 Å². The fraction of sp³-hybridized carbons (Fsp3) is 0.259. The molecule has 0 N–H and O–H groups in total. The first-order chi connectivity index (χ1) is 17.7. The standard InChI is InChI=1S/C27H28N6O3/c1-35-20-24-22(19-29-33(24)27-28-12-11-23(30-27)25-10-6-18-36-25)26(34)32-16-14-31(15-17-32)13-5-9-21-7-3-2-4-8-21/h2-12,18-19H,13-17,20H2,1H3/b9-5+. The Morgan fingerprint density at radius 2 is 1.92 bits per heavy atom. The quantitative estimate of drug-likeness (QED) is 0.378. The highest BCUT2D eigenvalue weighted by Gasteiger charge is 2.27. The van der Waals surface area contributed by atoms with Gasteiger partial charge < -0.3 is 14.1 Å². The summed E-state index contributed by atoms with van der Waals surface area (Å²) < 4.78 is 12.4. The fourth-order valence-corrected chi connectivity index (χ4v) is 4.22. The Morgan fingerprint density at radius 3 is 2.67 bits per heavy atom. The lowest BCUT2D eigenvalue weighted by atomic mass is 10.2. The smallest absolute Gasteiger partial charge is 0.257 e. The first-order valence-electron chi connectivity index (χ1n) is 11.9. The van der Waals surface area contributed by atoms with E-state index in [1.54, 1.807) is 42.6 Å². The molecule has 9 nitrogen and oxygen atoms in total. The van der Waals surface area contributed by atoms with Gasteiger partial charge in [-0.05, 0) is 23.8 Å². The highest BCUT2D eigenvalue weighted by Crippen LogP contribution is 2.21. The number of amides is 1. The number of methoxy groups -OCH3 is 1. The van der Waals surface area contributed by atoms with Crippen molar-refractivity contribution in [2.45, 2.75) is 6.61 Å². The van der Waals surface area contributed by atoms with Crippen LogP contribution >= 0.6 is 0 Å². The third-order valence-electron chi connectivity index (χ3n) is 6.12. The van der Waals surface area contributed by atoms with Gasteiger partial charge in [-0.15, -0.1) is 0 Å². The molecule has 1 aliphatic heterocycles. The number of aromatic nitrogens is 4. The molecule has 1 saturated heterocycles. The summed E-state index contributed by atoms with van der Waals surface area (Å²) in [4.78, 5) is 26.6. The number of carbonyl (C=O) groups excluding carboxylic acids is 1. The minimum absolute atomic E-state index is 0.0602. The second-order valence-corrected chi connectivity index (χ2v) is 8.47. The Bertz CT molecular complexity index is 1310. The van der Waals surface area contributed by atoms with Crippen LogP contribution < -0.4 is 0 Å². The number of nitrogens with zero attached hydrogens (tertiary/aromatic N) is 6. The SMILES string of the molecule is COCc1c(C(=O)N2CCN(C/C=C/c3ccccc3)CC2)cnn1-c1nccc(-c2ccco2)n1. The average molecular weight is 485 g/mol. The Hall–Kier alpha value is -4.08. The summed E-state index contributed by atoms with van der Waals surface area (Å²) in [5, 5.41) is 4.44. The van der Waals surface area contributed by atoms with Crippen LogP contribution in [0.15, 0.2) is 77.7 Å². The van der Waals surface area contributed by atoms with Gasteiger partial charge >= 0.3 is 0 Å².